The number of hydrogen-bond acceptors (Lipinski definition) is 3. The van der Waals surface area contributed by atoms with Gasteiger partial charge in [0.1, 0.15) is 0 Å². The van der Waals surface area contributed by atoms with Gasteiger partial charge in [-0.25, -0.2) is 0 Å². The molecule has 2 N–H and O–H groups in total. The number of amides is 2. The summed E-state index contributed by atoms with van der Waals surface area (Å²) in [6.07, 6.45) is 5.93. The third kappa shape index (κ3) is 5.35. The van der Waals surface area contributed by atoms with Crippen molar-refractivity contribution in [1.82, 2.24) is 4.90 Å². The topological polar surface area (TPSA) is 61.4 Å². The van der Waals surface area contributed by atoms with Crippen LogP contribution in [0, 0.1) is 6.92 Å². The first-order valence-corrected chi connectivity index (χ1v) is 10.0. The average molecular weight is 380 g/mol. The number of aryl methyl sites for hydroxylation is 1. The van der Waals surface area contributed by atoms with Gasteiger partial charge in [-0.2, -0.15) is 0 Å². The number of nitrogens with zero attached hydrogens (tertiary/aromatic N) is 1. The van der Waals surface area contributed by atoms with Crippen LogP contribution in [0.5, 0.6) is 0 Å². The molecule has 0 atom stereocenters. The molecule has 0 bridgehead atoms. The molecule has 5 nitrogen and oxygen atoms in total. The van der Waals surface area contributed by atoms with E-state index in [1.807, 2.05) is 61.3 Å². The van der Waals surface area contributed by atoms with E-state index in [9.17, 15) is 9.59 Å². The van der Waals surface area contributed by atoms with Gasteiger partial charge in [0.05, 0.1) is 6.54 Å². The van der Waals surface area contributed by atoms with Gasteiger partial charge in [-0.15, -0.1) is 0 Å². The Morgan fingerprint density at radius 1 is 1.00 bits per heavy atom. The molecule has 1 saturated carbocycles. The molecule has 0 aliphatic heterocycles. The van der Waals surface area contributed by atoms with Gasteiger partial charge in [0.2, 0.25) is 5.91 Å². The highest BCUT2D eigenvalue weighted by atomic mass is 16.2. The third-order valence-electron chi connectivity index (χ3n) is 5.38. The van der Waals surface area contributed by atoms with Crippen LogP contribution in [-0.4, -0.2) is 36.3 Å². The minimum absolute atomic E-state index is 0.115. The van der Waals surface area contributed by atoms with Crippen molar-refractivity contribution >= 4 is 23.2 Å². The van der Waals surface area contributed by atoms with Gasteiger partial charge in [0, 0.05) is 30.0 Å². The molecular weight excluding hydrogens is 350 g/mol. The van der Waals surface area contributed by atoms with Gasteiger partial charge in [-0.3, -0.25) is 9.59 Å². The van der Waals surface area contributed by atoms with Gasteiger partial charge in [0.25, 0.3) is 5.91 Å². The highest BCUT2D eigenvalue weighted by Gasteiger charge is 2.21. The molecule has 28 heavy (non-hydrogen) atoms. The number of likely N-dealkylation sites (N-methyl/N-ethyl adjacent to an activating group) is 1. The summed E-state index contributed by atoms with van der Waals surface area (Å²) < 4.78 is 0. The highest BCUT2D eigenvalue weighted by Crippen LogP contribution is 2.22. The Morgan fingerprint density at radius 3 is 2.36 bits per heavy atom. The summed E-state index contributed by atoms with van der Waals surface area (Å²) in [6.45, 7) is 2.24. The molecule has 0 spiro atoms. The van der Waals surface area contributed by atoms with E-state index in [-0.39, 0.29) is 18.4 Å². The highest BCUT2D eigenvalue weighted by molar-refractivity contribution is 6.04. The Kier molecular flexibility index (Phi) is 6.69. The maximum atomic E-state index is 12.4. The van der Waals surface area contributed by atoms with E-state index in [4.69, 9.17) is 0 Å². The second kappa shape index (κ2) is 9.40. The maximum absolute atomic E-state index is 12.4. The molecule has 3 rings (SSSR count). The zero-order chi connectivity index (χ0) is 19.9. The van der Waals surface area contributed by atoms with E-state index in [1.54, 1.807) is 6.07 Å². The summed E-state index contributed by atoms with van der Waals surface area (Å²) in [4.78, 5) is 26.6. The first-order valence-electron chi connectivity index (χ1n) is 10.0. The van der Waals surface area contributed by atoms with Crippen LogP contribution < -0.4 is 10.6 Å². The standard InChI is InChI=1S/C23H29N3O2/c1-17-7-6-8-18(15-17)23(28)25-20-13-11-19(12-14-20)24-16-22(27)26(2)21-9-4-3-5-10-21/h6-8,11-15,21,24H,3-5,9-10,16H2,1-2H3,(H,25,28). The number of nitrogens with one attached hydrogen (secondary N) is 2. The minimum Gasteiger partial charge on any atom is -0.376 e. The lowest BCUT2D eigenvalue weighted by Crippen LogP contribution is -2.41. The average Bonchev–Trinajstić information content (AvgIpc) is 2.73. The van der Waals surface area contributed by atoms with Crippen molar-refractivity contribution in [2.45, 2.75) is 45.1 Å². The molecule has 1 fully saturated rings. The minimum atomic E-state index is -0.131. The molecule has 1 aliphatic carbocycles. The number of carbonyl (C=O) groups is 2. The Hall–Kier alpha value is -2.82. The van der Waals surface area contributed by atoms with Crippen LogP contribution in [0.1, 0.15) is 48.0 Å². The first kappa shape index (κ1) is 19.9. The van der Waals surface area contributed by atoms with Crippen LogP contribution >= 0.6 is 0 Å². The maximum Gasteiger partial charge on any atom is 0.255 e. The second-order valence-electron chi connectivity index (χ2n) is 7.55. The quantitative estimate of drug-likeness (QED) is 0.779. The van der Waals surface area contributed by atoms with Crippen molar-refractivity contribution in [3.05, 3.63) is 59.7 Å². The van der Waals surface area contributed by atoms with E-state index in [2.05, 4.69) is 10.6 Å². The van der Waals surface area contributed by atoms with Crippen molar-refractivity contribution < 1.29 is 9.59 Å². The zero-order valence-electron chi connectivity index (χ0n) is 16.7. The van der Waals surface area contributed by atoms with E-state index in [0.29, 0.717) is 11.6 Å². The Balaban J connectivity index is 1.50. The summed E-state index contributed by atoms with van der Waals surface area (Å²) in [5, 5.41) is 6.08. The smallest absolute Gasteiger partial charge is 0.255 e. The fraction of sp³-hybridized carbons (Fsp3) is 0.391. The van der Waals surface area contributed by atoms with Crippen LogP contribution in [0.25, 0.3) is 0 Å². The van der Waals surface area contributed by atoms with Crippen molar-refractivity contribution in [2.75, 3.05) is 24.2 Å². The van der Waals surface area contributed by atoms with Crippen molar-refractivity contribution in [3.8, 4) is 0 Å². The lowest BCUT2D eigenvalue weighted by molar-refractivity contribution is -0.130. The molecule has 0 heterocycles. The predicted molar refractivity (Wildman–Crippen MR) is 114 cm³/mol. The summed E-state index contributed by atoms with van der Waals surface area (Å²) in [5.41, 5.74) is 3.27. The van der Waals surface area contributed by atoms with Crippen molar-refractivity contribution in [2.24, 2.45) is 0 Å². The normalized spacial score (nSPS) is 14.4. The van der Waals surface area contributed by atoms with Crippen LogP contribution in [0.4, 0.5) is 11.4 Å². The largest absolute Gasteiger partial charge is 0.376 e. The molecule has 2 aromatic rings. The van der Waals surface area contributed by atoms with E-state index < -0.39 is 0 Å². The summed E-state index contributed by atoms with van der Waals surface area (Å²) >= 11 is 0. The van der Waals surface area contributed by atoms with Crippen LogP contribution in [0.3, 0.4) is 0 Å². The first-order chi connectivity index (χ1) is 13.5. The van der Waals surface area contributed by atoms with E-state index >= 15 is 0 Å². The van der Waals surface area contributed by atoms with Crippen molar-refractivity contribution in [1.29, 1.82) is 0 Å². The van der Waals surface area contributed by atoms with Crippen LogP contribution in [0.15, 0.2) is 48.5 Å². The molecule has 5 heteroatoms. The van der Waals surface area contributed by atoms with E-state index in [1.165, 1.54) is 19.3 Å². The lowest BCUT2D eigenvalue weighted by atomic mass is 9.94. The summed E-state index contributed by atoms with van der Waals surface area (Å²) in [5.74, 6) is -0.0163. The molecule has 0 radical (unpaired) electrons. The van der Waals surface area contributed by atoms with Gasteiger partial charge < -0.3 is 15.5 Å². The number of rotatable bonds is 6. The molecule has 148 valence electrons. The number of anilines is 2. The predicted octanol–water partition coefficient (Wildman–Crippen LogP) is 4.45. The molecule has 1 aliphatic rings. The summed E-state index contributed by atoms with van der Waals surface area (Å²) in [7, 11) is 1.91. The fourth-order valence-corrected chi connectivity index (χ4v) is 3.64. The molecule has 0 unspecified atom stereocenters. The van der Waals surface area contributed by atoms with Gasteiger partial charge in [0.15, 0.2) is 0 Å². The Bertz CT molecular complexity index is 811. The zero-order valence-corrected chi connectivity index (χ0v) is 16.7. The van der Waals surface area contributed by atoms with Gasteiger partial charge in [-0.05, 0) is 56.2 Å². The Labute approximate surface area is 167 Å². The monoisotopic (exact) mass is 379 g/mol. The van der Waals surface area contributed by atoms with Crippen molar-refractivity contribution in [3.63, 3.8) is 0 Å². The van der Waals surface area contributed by atoms with E-state index in [0.717, 1.165) is 29.8 Å². The number of hydrogen-bond donors (Lipinski definition) is 2. The Morgan fingerprint density at radius 2 is 1.68 bits per heavy atom. The molecule has 0 saturated heterocycles. The number of carbonyl (C=O) groups excluding carboxylic acids is 2. The second-order valence-corrected chi connectivity index (χ2v) is 7.55. The van der Waals surface area contributed by atoms with Gasteiger partial charge in [-0.1, -0.05) is 37.0 Å². The third-order valence-corrected chi connectivity index (χ3v) is 5.38. The van der Waals surface area contributed by atoms with Crippen LogP contribution in [0.2, 0.25) is 0 Å². The molecule has 2 aromatic carbocycles. The lowest BCUT2D eigenvalue weighted by Gasteiger charge is -2.31. The fourth-order valence-electron chi connectivity index (χ4n) is 3.64. The molecular formula is C23H29N3O2. The van der Waals surface area contributed by atoms with Crippen LogP contribution in [-0.2, 0) is 4.79 Å². The number of benzene rings is 2. The molecule has 0 aromatic heterocycles. The van der Waals surface area contributed by atoms with Gasteiger partial charge >= 0.3 is 0 Å². The SMILES string of the molecule is Cc1cccc(C(=O)Nc2ccc(NCC(=O)N(C)C3CCCCC3)cc2)c1. The summed E-state index contributed by atoms with van der Waals surface area (Å²) in [6, 6.07) is 15.3. The molecule has 2 amide bonds.